The number of hydrogen-bond donors (Lipinski definition) is 0. The van der Waals surface area contributed by atoms with Crippen molar-refractivity contribution in [2.75, 3.05) is 23.9 Å². The first-order valence-electron chi connectivity index (χ1n) is 9.50. The maximum Gasteiger partial charge on any atom is 0.185 e. The third-order valence-electron chi connectivity index (χ3n) is 4.79. The summed E-state index contributed by atoms with van der Waals surface area (Å²) in [4.78, 5) is 16.6. The first-order valence-corrected chi connectivity index (χ1v) is 9.50. The first kappa shape index (κ1) is 19.4. The van der Waals surface area contributed by atoms with Crippen molar-refractivity contribution in [3.63, 3.8) is 0 Å². The minimum Gasteiger partial charge on any atom is -0.351 e. The van der Waals surface area contributed by atoms with Crippen LogP contribution in [0.2, 0.25) is 0 Å². The van der Waals surface area contributed by atoms with E-state index in [2.05, 4.69) is 24.3 Å². The van der Waals surface area contributed by atoms with Crippen LogP contribution in [0.3, 0.4) is 0 Å². The van der Waals surface area contributed by atoms with E-state index in [9.17, 15) is 4.79 Å². The Morgan fingerprint density at radius 3 is 1.46 bits per heavy atom. The molecule has 0 N–H and O–H groups in total. The second-order valence-electron chi connectivity index (χ2n) is 6.79. The quantitative estimate of drug-likeness (QED) is 0.627. The molecule has 1 fully saturated rings. The highest BCUT2D eigenvalue weighted by atomic mass is 16.1. The summed E-state index contributed by atoms with van der Waals surface area (Å²) in [6, 6.07) is 20.3. The highest BCUT2D eigenvalue weighted by Crippen LogP contribution is 2.26. The van der Waals surface area contributed by atoms with Crippen LogP contribution in [0.5, 0.6) is 0 Å². The molecule has 3 rings (SSSR count). The maximum absolute atomic E-state index is 12.6. The molecule has 3 nitrogen and oxygen atoms in total. The Morgan fingerprint density at radius 1 is 0.679 bits per heavy atom. The average molecular weight is 370 g/mol. The van der Waals surface area contributed by atoms with Crippen LogP contribution in [0, 0.1) is 0 Å². The van der Waals surface area contributed by atoms with Gasteiger partial charge in [-0.25, -0.2) is 0 Å². The van der Waals surface area contributed by atoms with Gasteiger partial charge in [-0.1, -0.05) is 48.6 Å². The summed E-state index contributed by atoms with van der Waals surface area (Å²) in [7, 11) is 4.00. The van der Waals surface area contributed by atoms with Gasteiger partial charge in [0.25, 0.3) is 0 Å². The fourth-order valence-electron chi connectivity index (χ4n) is 3.10. The molecule has 1 aliphatic rings. The molecule has 28 heavy (non-hydrogen) atoms. The highest BCUT2D eigenvalue weighted by molar-refractivity contribution is 6.11. The number of carbonyl (C=O) groups excluding carboxylic acids is 1. The van der Waals surface area contributed by atoms with E-state index >= 15 is 0 Å². The van der Waals surface area contributed by atoms with Gasteiger partial charge >= 0.3 is 0 Å². The molecule has 0 radical (unpaired) electrons. The highest BCUT2D eigenvalue weighted by Gasteiger charge is 2.21. The predicted molar refractivity (Wildman–Crippen MR) is 118 cm³/mol. The second kappa shape index (κ2) is 9.56. The first-order chi connectivity index (χ1) is 13.6. The van der Waals surface area contributed by atoms with Crippen molar-refractivity contribution >= 4 is 17.2 Å². The fraction of sp³-hybridized carbons (Fsp3) is 0.160. The molecule has 0 amide bonds. The van der Waals surface area contributed by atoms with Crippen LogP contribution >= 0.6 is 0 Å². The lowest BCUT2D eigenvalue weighted by atomic mass is 10.1. The summed E-state index contributed by atoms with van der Waals surface area (Å²) >= 11 is 0. The number of benzene rings is 2. The van der Waals surface area contributed by atoms with Gasteiger partial charge in [-0.2, -0.15) is 0 Å². The molecule has 0 unspecified atom stereocenters. The molecule has 2 aromatic rings. The monoisotopic (exact) mass is 370 g/mol. The summed E-state index contributed by atoms with van der Waals surface area (Å²) in [6.07, 6.45) is 13.3. The standard InChI is InChI=1S/C25H26N2O/c1-26(23-13-5-3-6-14-23)19-9-11-21-17-18-22(25(21)28)12-10-20-27(2)24-15-7-4-8-16-24/h3-16,19-20H,17-18H2,1-2H3/b19-9+,20-10+,21-11-,22-12+. The van der Waals surface area contributed by atoms with Crippen LogP contribution in [0.15, 0.2) is 109 Å². The van der Waals surface area contributed by atoms with E-state index in [-0.39, 0.29) is 5.78 Å². The molecular weight excluding hydrogens is 344 g/mol. The number of allylic oxidation sites excluding steroid dienone is 6. The van der Waals surface area contributed by atoms with E-state index in [4.69, 9.17) is 0 Å². The number of para-hydroxylation sites is 2. The summed E-state index contributed by atoms with van der Waals surface area (Å²) in [5.41, 5.74) is 3.97. The number of nitrogens with zero attached hydrogens (tertiary/aromatic N) is 2. The zero-order chi connectivity index (χ0) is 19.8. The fourth-order valence-corrected chi connectivity index (χ4v) is 3.10. The van der Waals surface area contributed by atoms with Gasteiger partial charge in [0, 0.05) is 49.0 Å². The van der Waals surface area contributed by atoms with Crippen molar-refractivity contribution in [1.29, 1.82) is 0 Å². The second-order valence-corrected chi connectivity index (χ2v) is 6.79. The molecule has 0 saturated heterocycles. The van der Waals surface area contributed by atoms with Crippen molar-refractivity contribution in [2.45, 2.75) is 12.8 Å². The molecule has 3 heteroatoms. The summed E-state index contributed by atoms with van der Waals surface area (Å²) < 4.78 is 0. The Balaban J connectivity index is 1.59. The Bertz CT molecular complexity index is 833. The van der Waals surface area contributed by atoms with Crippen LogP contribution < -0.4 is 9.80 Å². The zero-order valence-corrected chi connectivity index (χ0v) is 16.5. The lowest BCUT2D eigenvalue weighted by Crippen LogP contribution is -2.07. The van der Waals surface area contributed by atoms with Gasteiger partial charge < -0.3 is 9.80 Å². The largest absolute Gasteiger partial charge is 0.351 e. The van der Waals surface area contributed by atoms with E-state index in [1.807, 2.05) is 97.0 Å². The molecule has 0 atom stereocenters. The van der Waals surface area contributed by atoms with E-state index in [1.165, 1.54) is 0 Å². The maximum atomic E-state index is 12.6. The van der Waals surface area contributed by atoms with Crippen molar-refractivity contribution in [3.05, 3.63) is 109 Å². The van der Waals surface area contributed by atoms with Crippen molar-refractivity contribution in [1.82, 2.24) is 0 Å². The van der Waals surface area contributed by atoms with Crippen molar-refractivity contribution in [2.24, 2.45) is 0 Å². The smallest absolute Gasteiger partial charge is 0.185 e. The van der Waals surface area contributed by atoms with Gasteiger partial charge in [-0.3, -0.25) is 4.79 Å². The molecule has 0 aromatic heterocycles. The van der Waals surface area contributed by atoms with Crippen LogP contribution in [-0.2, 0) is 4.79 Å². The Kier molecular flexibility index (Phi) is 6.64. The summed E-state index contributed by atoms with van der Waals surface area (Å²) in [6.45, 7) is 0. The predicted octanol–water partition coefficient (Wildman–Crippen LogP) is 5.50. The average Bonchev–Trinajstić information content (AvgIpc) is 3.09. The Hall–Kier alpha value is -3.33. The topological polar surface area (TPSA) is 23.6 Å². The van der Waals surface area contributed by atoms with Gasteiger partial charge in [0.05, 0.1) is 0 Å². The van der Waals surface area contributed by atoms with Crippen molar-refractivity contribution in [3.8, 4) is 0 Å². The van der Waals surface area contributed by atoms with Crippen LogP contribution in [0.25, 0.3) is 0 Å². The number of rotatable bonds is 6. The lowest BCUT2D eigenvalue weighted by molar-refractivity contribution is -0.111. The summed E-state index contributed by atoms with van der Waals surface area (Å²) in [5, 5.41) is 0. The van der Waals surface area contributed by atoms with Crippen LogP contribution in [-0.4, -0.2) is 19.9 Å². The molecule has 0 spiro atoms. The Labute approximate surface area is 167 Å². The molecular formula is C25H26N2O. The third-order valence-corrected chi connectivity index (χ3v) is 4.79. The number of ketones is 1. The molecule has 1 aliphatic carbocycles. The minimum atomic E-state index is 0.152. The minimum absolute atomic E-state index is 0.152. The van der Waals surface area contributed by atoms with Gasteiger partial charge in [0.15, 0.2) is 5.78 Å². The molecule has 0 heterocycles. The molecule has 1 saturated carbocycles. The van der Waals surface area contributed by atoms with E-state index in [0.29, 0.717) is 0 Å². The summed E-state index contributed by atoms with van der Waals surface area (Å²) in [5.74, 6) is 0.152. The van der Waals surface area contributed by atoms with E-state index in [1.54, 1.807) is 0 Å². The van der Waals surface area contributed by atoms with Crippen LogP contribution in [0.4, 0.5) is 11.4 Å². The van der Waals surface area contributed by atoms with Crippen molar-refractivity contribution < 1.29 is 4.79 Å². The lowest BCUT2D eigenvalue weighted by Gasteiger charge is -2.13. The van der Waals surface area contributed by atoms with Gasteiger partial charge in [-0.05, 0) is 49.3 Å². The van der Waals surface area contributed by atoms with Gasteiger partial charge in [-0.15, -0.1) is 0 Å². The number of Topliss-reactive ketones (excluding diaryl/α,β-unsaturated/α-hetero) is 1. The SMILES string of the molecule is CN(/C=C/C=C1/CC/C(=C\C=C\N(C)c2ccccc2)C1=O)c1ccccc1. The molecule has 0 aliphatic heterocycles. The van der Waals surface area contributed by atoms with Gasteiger partial charge in [0.2, 0.25) is 0 Å². The Morgan fingerprint density at radius 2 is 1.07 bits per heavy atom. The number of carbonyl (C=O) groups is 1. The number of anilines is 2. The zero-order valence-electron chi connectivity index (χ0n) is 16.5. The van der Waals surface area contributed by atoms with Crippen LogP contribution in [0.1, 0.15) is 12.8 Å². The third kappa shape index (κ3) is 5.10. The van der Waals surface area contributed by atoms with Gasteiger partial charge in [0.1, 0.15) is 0 Å². The van der Waals surface area contributed by atoms with E-state index < -0.39 is 0 Å². The normalized spacial score (nSPS) is 17.3. The molecule has 142 valence electrons. The molecule has 2 aromatic carbocycles. The van der Waals surface area contributed by atoms with E-state index in [0.717, 1.165) is 35.4 Å². The molecule has 0 bridgehead atoms. The number of hydrogen-bond acceptors (Lipinski definition) is 3.